The van der Waals surface area contributed by atoms with E-state index in [1.54, 1.807) is 6.07 Å². The quantitative estimate of drug-likeness (QED) is 0.868. The average molecular weight is 328 g/mol. The summed E-state index contributed by atoms with van der Waals surface area (Å²) in [7, 11) is 0. The molecule has 0 amide bonds. The van der Waals surface area contributed by atoms with E-state index in [9.17, 15) is 15.0 Å². The standard InChI is InChI=1S/C21H28O3/c1-3-18(23)16-11-12-10-13(22)4-5-14(12)15-8-9-21(2)17(20(15)16)6-7-19(21)24/h4-5,10,15-17,19-20,22,24H,3,6-9,11H2,1-2H3/t15-,16+,17+,19+,20+,21+/m1/s1. The van der Waals surface area contributed by atoms with Gasteiger partial charge in [0, 0.05) is 12.3 Å². The van der Waals surface area contributed by atoms with Crippen molar-refractivity contribution in [3.63, 3.8) is 0 Å². The average Bonchev–Trinajstić information content (AvgIpc) is 2.88. The zero-order valence-electron chi connectivity index (χ0n) is 14.7. The third-order valence-electron chi connectivity index (χ3n) is 7.48. The van der Waals surface area contributed by atoms with Crippen LogP contribution >= 0.6 is 0 Å². The second kappa shape index (κ2) is 5.59. The molecule has 3 nitrogen and oxygen atoms in total. The summed E-state index contributed by atoms with van der Waals surface area (Å²) in [5.74, 6) is 1.89. The maximum atomic E-state index is 12.8. The van der Waals surface area contributed by atoms with E-state index in [2.05, 4.69) is 13.0 Å². The number of aromatic hydroxyl groups is 1. The van der Waals surface area contributed by atoms with Crippen molar-refractivity contribution < 1.29 is 15.0 Å². The summed E-state index contributed by atoms with van der Waals surface area (Å²) in [5, 5.41) is 20.4. The summed E-state index contributed by atoms with van der Waals surface area (Å²) in [6, 6.07) is 5.72. The minimum atomic E-state index is -0.220. The number of phenols is 1. The Kier molecular flexibility index (Phi) is 3.76. The molecule has 0 aromatic heterocycles. The molecule has 0 saturated heterocycles. The van der Waals surface area contributed by atoms with Gasteiger partial charge in [-0.15, -0.1) is 0 Å². The van der Waals surface area contributed by atoms with Crippen LogP contribution in [0.25, 0.3) is 0 Å². The van der Waals surface area contributed by atoms with E-state index in [1.807, 2.05) is 13.0 Å². The van der Waals surface area contributed by atoms with Crippen molar-refractivity contribution >= 4 is 5.78 Å². The highest BCUT2D eigenvalue weighted by atomic mass is 16.3. The van der Waals surface area contributed by atoms with Crippen molar-refractivity contribution in [2.24, 2.45) is 23.2 Å². The van der Waals surface area contributed by atoms with Crippen LogP contribution in [0.4, 0.5) is 0 Å². The van der Waals surface area contributed by atoms with Gasteiger partial charge in [0.2, 0.25) is 0 Å². The number of aliphatic hydroxyl groups is 1. The molecule has 3 heteroatoms. The first-order chi connectivity index (χ1) is 11.5. The predicted octanol–water partition coefficient (Wildman–Crippen LogP) is 3.81. The molecule has 0 unspecified atom stereocenters. The molecule has 3 aliphatic carbocycles. The number of aliphatic hydroxyl groups excluding tert-OH is 1. The molecule has 2 saturated carbocycles. The number of fused-ring (bicyclic) bond motifs is 5. The maximum Gasteiger partial charge on any atom is 0.136 e. The van der Waals surface area contributed by atoms with Crippen LogP contribution in [0.5, 0.6) is 5.75 Å². The lowest BCUT2D eigenvalue weighted by Gasteiger charge is -2.52. The number of hydrogen-bond donors (Lipinski definition) is 2. The van der Waals surface area contributed by atoms with Crippen molar-refractivity contribution in [3.05, 3.63) is 29.3 Å². The second-order valence-corrected chi connectivity index (χ2v) is 8.44. The fraction of sp³-hybridized carbons (Fsp3) is 0.667. The largest absolute Gasteiger partial charge is 0.508 e. The van der Waals surface area contributed by atoms with Crippen molar-refractivity contribution in [3.8, 4) is 5.75 Å². The number of rotatable bonds is 2. The van der Waals surface area contributed by atoms with Gasteiger partial charge in [-0.1, -0.05) is 19.9 Å². The van der Waals surface area contributed by atoms with Crippen LogP contribution < -0.4 is 0 Å². The number of ketones is 1. The molecular formula is C21H28O3. The number of benzene rings is 1. The van der Waals surface area contributed by atoms with Crippen LogP contribution in [0.2, 0.25) is 0 Å². The lowest BCUT2D eigenvalue weighted by Crippen LogP contribution is -2.48. The molecule has 0 aliphatic heterocycles. The molecule has 2 fully saturated rings. The van der Waals surface area contributed by atoms with Crippen molar-refractivity contribution in [2.75, 3.05) is 0 Å². The molecule has 4 rings (SSSR count). The highest BCUT2D eigenvalue weighted by molar-refractivity contribution is 5.82. The minimum Gasteiger partial charge on any atom is -0.508 e. The fourth-order valence-corrected chi connectivity index (χ4v) is 6.19. The van der Waals surface area contributed by atoms with Gasteiger partial charge < -0.3 is 10.2 Å². The summed E-state index contributed by atoms with van der Waals surface area (Å²) in [6.45, 7) is 4.20. The lowest BCUT2D eigenvalue weighted by atomic mass is 9.52. The normalized spacial score (nSPS) is 40.5. The number of hydrogen-bond acceptors (Lipinski definition) is 3. The van der Waals surface area contributed by atoms with E-state index in [1.165, 1.54) is 5.56 Å². The SMILES string of the molecule is CCC(=O)[C@@H]1Cc2cc(O)ccc2[C@H]2CC[C@]3(C)[C@@H](O)CC[C@H]3[C@@H]21. The summed E-state index contributed by atoms with van der Waals surface area (Å²) >= 11 is 0. The molecule has 6 atom stereocenters. The molecule has 2 N–H and O–H groups in total. The van der Waals surface area contributed by atoms with E-state index >= 15 is 0 Å². The van der Waals surface area contributed by atoms with Crippen LogP contribution in [0.15, 0.2) is 18.2 Å². The summed E-state index contributed by atoms with van der Waals surface area (Å²) in [6.07, 6.45) is 5.10. The van der Waals surface area contributed by atoms with Gasteiger partial charge in [-0.3, -0.25) is 4.79 Å². The first-order valence-corrected chi connectivity index (χ1v) is 9.48. The minimum absolute atomic E-state index is 0.0259. The van der Waals surface area contributed by atoms with Gasteiger partial charge >= 0.3 is 0 Å². The van der Waals surface area contributed by atoms with E-state index in [0.717, 1.165) is 37.7 Å². The number of carbonyl (C=O) groups excluding carboxylic acids is 1. The molecule has 24 heavy (non-hydrogen) atoms. The predicted molar refractivity (Wildman–Crippen MR) is 92.9 cm³/mol. The molecule has 1 aromatic carbocycles. The van der Waals surface area contributed by atoms with Gasteiger partial charge in [-0.2, -0.15) is 0 Å². The molecule has 0 heterocycles. The van der Waals surface area contributed by atoms with Gasteiger partial charge in [-0.25, -0.2) is 0 Å². The molecule has 1 aromatic rings. The van der Waals surface area contributed by atoms with Crippen LogP contribution in [0.1, 0.15) is 63.0 Å². The Morgan fingerprint density at radius 3 is 2.83 bits per heavy atom. The monoisotopic (exact) mass is 328 g/mol. The van der Waals surface area contributed by atoms with Gasteiger partial charge in [0.25, 0.3) is 0 Å². The zero-order valence-corrected chi connectivity index (χ0v) is 14.7. The highest BCUT2D eigenvalue weighted by Crippen LogP contribution is 2.62. The van der Waals surface area contributed by atoms with E-state index in [0.29, 0.717) is 35.7 Å². The third-order valence-corrected chi connectivity index (χ3v) is 7.48. The third kappa shape index (κ3) is 2.17. The molecular weight excluding hydrogens is 300 g/mol. The second-order valence-electron chi connectivity index (χ2n) is 8.44. The van der Waals surface area contributed by atoms with Crippen LogP contribution in [-0.4, -0.2) is 22.1 Å². The summed E-state index contributed by atoms with van der Waals surface area (Å²) < 4.78 is 0. The summed E-state index contributed by atoms with van der Waals surface area (Å²) in [5.41, 5.74) is 2.47. The van der Waals surface area contributed by atoms with Crippen molar-refractivity contribution in [1.82, 2.24) is 0 Å². The number of carbonyl (C=O) groups is 1. The Morgan fingerprint density at radius 2 is 2.08 bits per heavy atom. The smallest absolute Gasteiger partial charge is 0.136 e. The van der Waals surface area contributed by atoms with Gasteiger partial charge in [0.1, 0.15) is 11.5 Å². The first kappa shape index (κ1) is 16.1. The van der Waals surface area contributed by atoms with Gasteiger partial charge in [0.05, 0.1) is 6.10 Å². The molecule has 130 valence electrons. The molecule has 3 aliphatic rings. The Morgan fingerprint density at radius 1 is 1.29 bits per heavy atom. The van der Waals surface area contributed by atoms with E-state index in [4.69, 9.17) is 0 Å². The van der Waals surface area contributed by atoms with Crippen LogP contribution in [0, 0.1) is 23.2 Å². The molecule has 0 spiro atoms. The highest BCUT2D eigenvalue weighted by Gasteiger charge is 2.57. The van der Waals surface area contributed by atoms with Crippen molar-refractivity contribution in [1.29, 1.82) is 0 Å². The molecule has 0 radical (unpaired) electrons. The van der Waals surface area contributed by atoms with Gasteiger partial charge in [-0.05, 0) is 78.5 Å². The van der Waals surface area contributed by atoms with Crippen molar-refractivity contribution in [2.45, 2.75) is 64.4 Å². The fourth-order valence-electron chi connectivity index (χ4n) is 6.19. The van der Waals surface area contributed by atoms with Gasteiger partial charge in [0.15, 0.2) is 0 Å². The van der Waals surface area contributed by atoms with E-state index < -0.39 is 0 Å². The topological polar surface area (TPSA) is 57.5 Å². The Balaban J connectivity index is 1.80. The number of Topliss-reactive ketones (excluding diaryl/α,β-unsaturated/α-hetero) is 1. The van der Waals surface area contributed by atoms with Crippen LogP contribution in [0.3, 0.4) is 0 Å². The Labute approximate surface area is 144 Å². The Bertz CT molecular complexity index is 667. The molecule has 0 bridgehead atoms. The zero-order chi connectivity index (χ0) is 17.1. The number of phenolic OH excluding ortho intramolecular Hbond substituents is 1. The van der Waals surface area contributed by atoms with E-state index in [-0.39, 0.29) is 17.4 Å². The van der Waals surface area contributed by atoms with Crippen LogP contribution in [-0.2, 0) is 11.2 Å². The lowest BCUT2D eigenvalue weighted by molar-refractivity contribution is -0.128. The summed E-state index contributed by atoms with van der Waals surface area (Å²) in [4.78, 5) is 12.8. The first-order valence-electron chi connectivity index (χ1n) is 9.48. The maximum absolute atomic E-state index is 12.8. The Hall–Kier alpha value is -1.35.